The van der Waals surface area contributed by atoms with Crippen molar-refractivity contribution in [2.45, 2.75) is 142 Å². The fraction of sp³-hybridized carbons (Fsp3) is 0.581. The molecular weight excluding hydrogens is 801 g/mol. The summed E-state index contributed by atoms with van der Waals surface area (Å²) in [6.45, 7) is 15.7. The molecule has 1 aromatic carbocycles. The van der Waals surface area contributed by atoms with Crippen LogP contribution in [0.1, 0.15) is 92.1 Å². The molecule has 0 spiro atoms. The molecule has 0 fully saturated rings. The summed E-state index contributed by atoms with van der Waals surface area (Å²) in [4.78, 5) is 96.0. The number of aliphatic hydroxyl groups is 1. The molecule has 19 heteroatoms. The number of ether oxygens (including phenoxy) is 1. The van der Waals surface area contributed by atoms with Crippen LogP contribution in [0.25, 0.3) is 0 Å². The molecule has 19 nitrogen and oxygen atoms in total. The van der Waals surface area contributed by atoms with Gasteiger partial charge in [-0.1, -0.05) is 64.4 Å². The van der Waals surface area contributed by atoms with Gasteiger partial charge in [-0.05, 0) is 58.4 Å². The number of carboxylic acids is 1. The predicted molar refractivity (Wildman–Crippen MR) is 230 cm³/mol. The van der Waals surface area contributed by atoms with E-state index >= 15 is 0 Å². The normalized spacial score (nSPS) is 15.0. The van der Waals surface area contributed by atoms with E-state index in [1.807, 2.05) is 39.0 Å². The molecule has 2 heterocycles. The topological polar surface area (TPSA) is 273 Å². The van der Waals surface area contributed by atoms with Gasteiger partial charge in [0.15, 0.2) is 0 Å². The van der Waals surface area contributed by atoms with Gasteiger partial charge in [-0.15, -0.1) is 0 Å². The number of aromatic nitrogens is 4. The maximum atomic E-state index is 14.2. The van der Waals surface area contributed by atoms with Crippen molar-refractivity contribution in [3.63, 3.8) is 0 Å². The first-order valence-electron chi connectivity index (χ1n) is 21.0. The maximum Gasteiger partial charge on any atom is 0.408 e. The third kappa shape index (κ3) is 16.8. The highest BCUT2D eigenvalue weighted by Gasteiger charge is 2.35. The van der Waals surface area contributed by atoms with Gasteiger partial charge in [-0.3, -0.25) is 14.4 Å². The fourth-order valence-corrected chi connectivity index (χ4v) is 6.55. The molecule has 7 atom stereocenters. The highest BCUT2D eigenvalue weighted by molar-refractivity contribution is 5.92. The van der Waals surface area contributed by atoms with Gasteiger partial charge in [-0.25, -0.2) is 24.4 Å². The summed E-state index contributed by atoms with van der Waals surface area (Å²) in [6, 6.07) is 2.18. The van der Waals surface area contributed by atoms with E-state index in [2.05, 4.69) is 46.5 Å². The molecule has 342 valence electrons. The van der Waals surface area contributed by atoms with Crippen molar-refractivity contribution in [2.75, 3.05) is 6.54 Å². The maximum absolute atomic E-state index is 14.2. The van der Waals surface area contributed by atoms with Crippen LogP contribution in [0.3, 0.4) is 0 Å². The van der Waals surface area contributed by atoms with Crippen LogP contribution in [0.2, 0.25) is 0 Å². The number of H-pyrrole nitrogens is 2. The van der Waals surface area contributed by atoms with E-state index in [1.54, 1.807) is 59.9 Å². The molecule has 3 rings (SSSR count). The van der Waals surface area contributed by atoms with Crippen LogP contribution in [0.15, 0.2) is 55.4 Å². The Morgan fingerprint density at radius 2 is 1.31 bits per heavy atom. The van der Waals surface area contributed by atoms with Crippen LogP contribution in [-0.2, 0) is 43.2 Å². The molecule has 0 aliphatic heterocycles. The summed E-state index contributed by atoms with van der Waals surface area (Å²) in [6.07, 6.45) is 4.54. The van der Waals surface area contributed by atoms with Crippen LogP contribution in [0, 0.1) is 11.8 Å². The average molecular weight is 867 g/mol. The Kier molecular flexibility index (Phi) is 19.4. The molecule has 62 heavy (non-hydrogen) atoms. The molecular formula is C43H66N10O9. The zero-order chi connectivity index (χ0) is 46.1. The first-order chi connectivity index (χ1) is 29.2. The lowest BCUT2D eigenvalue weighted by molar-refractivity contribution is -0.142. The number of carbonyl (C=O) groups is 6. The molecule has 6 amide bonds. The first-order valence-corrected chi connectivity index (χ1v) is 21.0. The molecule has 2 aromatic heterocycles. The van der Waals surface area contributed by atoms with Crippen LogP contribution in [-0.4, -0.2) is 125 Å². The Morgan fingerprint density at radius 1 is 0.758 bits per heavy atom. The number of amides is 6. The lowest BCUT2D eigenvalue weighted by Gasteiger charge is -2.35. The summed E-state index contributed by atoms with van der Waals surface area (Å²) in [5.41, 5.74) is 0.808. The minimum Gasteiger partial charge on any atom is -0.480 e. The first kappa shape index (κ1) is 50.4. The van der Waals surface area contributed by atoms with Crippen molar-refractivity contribution in [3.8, 4) is 0 Å². The Bertz CT molecular complexity index is 1870. The van der Waals surface area contributed by atoms with Crippen molar-refractivity contribution in [1.29, 1.82) is 0 Å². The zero-order valence-electron chi connectivity index (χ0n) is 37.2. The highest BCUT2D eigenvalue weighted by Crippen LogP contribution is 2.16. The van der Waals surface area contributed by atoms with Gasteiger partial charge in [0, 0.05) is 37.7 Å². The van der Waals surface area contributed by atoms with Crippen LogP contribution in [0.5, 0.6) is 0 Å². The number of hydrogen-bond acceptors (Lipinski definition) is 10. The van der Waals surface area contributed by atoms with Gasteiger partial charge >= 0.3 is 18.1 Å². The molecule has 0 aliphatic rings. The molecule has 0 aliphatic carbocycles. The Morgan fingerprint density at radius 3 is 1.81 bits per heavy atom. The second kappa shape index (κ2) is 23.9. The fourth-order valence-electron chi connectivity index (χ4n) is 6.55. The lowest BCUT2D eigenvalue weighted by Crippen LogP contribution is -2.60. The van der Waals surface area contributed by atoms with Crippen molar-refractivity contribution < 1.29 is 43.7 Å². The summed E-state index contributed by atoms with van der Waals surface area (Å²) in [5, 5.41) is 35.3. The number of aliphatic hydroxyl groups excluding tert-OH is 1. The lowest BCUT2D eigenvalue weighted by atomic mass is 9.97. The number of nitrogens with zero attached hydrogens (tertiary/aromatic N) is 3. The second-order valence-corrected chi connectivity index (χ2v) is 17.2. The monoisotopic (exact) mass is 867 g/mol. The number of aromatic amines is 2. The zero-order valence-corrected chi connectivity index (χ0v) is 37.2. The van der Waals surface area contributed by atoms with Gasteiger partial charge < -0.3 is 56.4 Å². The summed E-state index contributed by atoms with van der Waals surface area (Å²) < 4.78 is 5.44. The predicted octanol–water partition coefficient (Wildman–Crippen LogP) is 2.83. The quantitative estimate of drug-likeness (QED) is 0.0669. The highest BCUT2D eigenvalue weighted by atomic mass is 16.6. The number of alkyl carbamates (subject to hydrolysis) is 1. The standard InChI is InChI=1S/C43H66N10O9/c1-10-27(6)36(39(57)50-34(40(58)59)19-30-21-45-24-47-30)52-41(60)53(26(4)5)22-35(54)31(16-25(2)3)48-38(56)33(18-29-20-44-23-46-29)49-37(55)32(17-28-14-12-11-13-15-28)51-42(61)62-43(7,8)9/h11-15,20-21,23-27,31-36,54H,10,16-19,22H2,1-9H3,(H,44,46)(H,45,47)(H,48,56)(H,49,55)(H,50,57)(H,51,61)(H,52,60)(H,58,59)/t27-,31-,32-,33-,34-,35?,36-/m0/s1. The van der Waals surface area contributed by atoms with Crippen LogP contribution < -0.4 is 26.6 Å². The van der Waals surface area contributed by atoms with Crippen LogP contribution in [0.4, 0.5) is 9.59 Å². The van der Waals surface area contributed by atoms with Gasteiger partial charge in [0.25, 0.3) is 0 Å². The minimum atomic E-state index is -1.32. The van der Waals surface area contributed by atoms with Crippen molar-refractivity contribution in [1.82, 2.24) is 51.4 Å². The largest absolute Gasteiger partial charge is 0.480 e. The number of aliphatic carboxylic acids is 1. The molecule has 3 aromatic rings. The van der Waals surface area contributed by atoms with Crippen LogP contribution >= 0.6 is 0 Å². The number of carbonyl (C=O) groups excluding carboxylic acids is 5. The molecule has 1 unspecified atom stereocenters. The van der Waals surface area contributed by atoms with Gasteiger partial charge in [-0.2, -0.15) is 0 Å². The van der Waals surface area contributed by atoms with E-state index in [-0.39, 0.29) is 38.1 Å². The Hall–Kier alpha value is -5.98. The van der Waals surface area contributed by atoms with E-state index < -0.39 is 89.7 Å². The number of imidazole rings is 2. The summed E-state index contributed by atoms with van der Waals surface area (Å²) in [7, 11) is 0. The number of carboxylic acid groups (broad SMARTS) is 1. The smallest absolute Gasteiger partial charge is 0.408 e. The Labute approximate surface area is 363 Å². The SMILES string of the molecule is CC[C@H](C)[C@H](NC(=O)N(CC(O)[C@H](CC(C)C)NC(=O)[C@H](Cc1c[nH]cn1)NC(=O)[C@H](Cc1ccccc1)NC(=O)OC(C)(C)C)C(C)C)C(=O)N[C@@H](Cc1c[nH]cn1)C(=O)O. The third-order valence-corrected chi connectivity index (χ3v) is 10.0. The van der Waals surface area contributed by atoms with Crippen molar-refractivity contribution in [2.24, 2.45) is 11.8 Å². The van der Waals surface area contributed by atoms with Gasteiger partial charge in [0.2, 0.25) is 17.7 Å². The van der Waals surface area contributed by atoms with E-state index in [0.29, 0.717) is 17.8 Å². The molecule has 0 saturated heterocycles. The second-order valence-electron chi connectivity index (χ2n) is 17.2. The van der Waals surface area contributed by atoms with E-state index in [1.165, 1.54) is 23.8 Å². The number of hydrogen-bond donors (Lipinski definition) is 9. The van der Waals surface area contributed by atoms with Gasteiger partial charge in [0.05, 0.1) is 42.7 Å². The third-order valence-electron chi connectivity index (χ3n) is 10.0. The van der Waals surface area contributed by atoms with Crippen molar-refractivity contribution in [3.05, 3.63) is 72.3 Å². The summed E-state index contributed by atoms with van der Waals surface area (Å²) >= 11 is 0. The Balaban J connectivity index is 1.83. The molecule has 0 radical (unpaired) electrons. The summed E-state index contributed by atoms with van der Waals surface area (Å²) in [5.74, 6) is -3.70. The van der Waals surface area contributed by atoms with E-state index in [9.17, 15) is 39.0 Å². The van der Waals surface area contributed by atoms with E-state index in [0.717, 1.165) is 5.56 Å². The van der Waals surface area contributed by atoms with E-state index in [4.69, 9.17) is 4.74 Å². The van der Waals surface area contributed by atoms with Gasteiger partial charge in [0.1, 0.15) is 29.8 Å². The molecule has 0 bridgehead atoms. The minimum absolute atomic E-state index is 0.0360. The molecule has 9 N–H and O–H groups in total. The number of benzene rings is 1. The molecule has 0 saturated carbocycles. The number of nitrogens with one attached hydrogen (secondary N) is 7. The number of rotatable bonds is 23. The average Bonchev–Trinajstić information content (AvgIpc) is 3.91. The van der Waals surface area contributed by atoms with Crippen molar-refractivity contribution >= 4 is 35.8 Å². The number of urea groups is 1.